The maximum atomic E-state index is 12.3. The average Bonchev–Trinajstić information content (AvgIpc) is 3.23. The van der Waals surface area contributed by atoms with Gasteiger partial charge in [0.05, 0.1) is 11.8 Å². The van der Waals surface area contributed by atoms with E-state index in [1.807, 2.05) is 38.1 Å². The number of carbonyl (C=O) groups is 2. The molecule has 1 N–H and O–H groups in total. The van der Waals surface area contributed by atoms with Crippen LogP contribution in [0.3, 0.4) is 0 Å². The third-order valence-electron chi connectivity index (χ3n) is 4.13. The molecule has 0 aliphatic rings. The van der Waals surface area contributed by atoms with Crippen molar-refractivity contribution in [3.63, 3.8) is 0 Å². The molecule has 0 radical (unpaired) electrons. The number of hydrogen-bond acceptors (Lipinski definition) is 5. The minimum Gasteiger partial charge on any atom is -0.490 e. The predicted octanol–water partition coefficient (Wildman–Crippen LogP) is 4.38. The van der Waals surface area contributed by atoms with Gasteiger partial charge in [0.25, 0.3) is 5.91 Å². The SMILES string of the molecule is Cc1ccc(C(=O)OCCOc2ccccc2C)cc1NC(=O)c1ccco1. The van der Waals surface area contributed by atoms with E-state index < -0.39 is 5.97 Å². The molecule has 0 spiro atoms. The topological polar surface area (TPSA) is 77.8 Å². The number of anilines is 1. The Balaban J connectivity index is 1.56. The number of rotatable bonds is 7. The Morgan fingerprint density at radius 3 is 2.54 bits per heavy atom. The molecule has 28 heavy (non-hydrogen) atoms. The molecule has 1 amide bonds. The molecule has 3 rings (SSSR count). The highest BCUT2D eigenvalue weighted by molar-refractivity contribution is 6.03. The Morgan fingerprint density at radius 1 is 0.964 bits per heavy atom. The zero-order chi connectivity index (χ0) is 19.9. The van der Waals surface area contributed by atoms with Gasteiger partial charge in [0.2, 0.25) is 0 Å². The maximum Gasteiger partial charge on any atom is 0.338 e. The number of esters is 1. The number of para-hydroxylation sites is 1. The second kappa shape index (κ2) is 8.90. The lowest BCUT2D eigenvalue weighted by molar-refractivity contribution is 0.0450. The van der Waals surface area contributed by atoms with Crippen LogP contribution in [0.25, 0.3) is 0 Å². The first kappa shape index (κ1) is 19.2. The molecule has 0 aliphatic carbocycles. The highest BCUT2D eigenvalue weighted by atomic mass is 16.6. The minimum atomic E-state index is -0.484. The summed E-state index contributed by atoms with van der Waals surface area (Å²) in [5.74, 6) is 0.0877. The fraction of sp³-hybridized carbons (Fsp3) is 0.182. The van der Waals surface area contributed by atoms with E-state index >= 15 is 0 Å². The van der Waals surface area contributed by atoms with Crippen molar-refractivity contribution in [1.29, 1.82) is 0 Å². The molecule has 0 unspecified atom stereocenters. The first-order valence-electron chi connectivity index (χ1n) is 8.85. The highest BCUT2D eigenvalue weighted by Crippen LogP contribution is 2.19. The van der Waals surface area contributed by atoms with Gasteiger partial charge in [-0.2, -0.15) is 0 Å². The Labute approximate surface area is 163 Å². The zero-order valence-corrected chi connectivity index (χ0v) is 15.7. The third-order valence-corrected chi connectivity index (χ3v) is 4.13. The number of furan rings is 1. The van der Waals surface area contributed by atoms with Gasteiger partial charge in [-0.25, -0.2) is 4.79 Å². The number of benzene rings is 2. The highest BCUT2D eigenvalue weighted by Gasteiger charge is 2.14. The van der Waals surface area contributed by atoms with Crippen LogP contribution >= 0.6 is 0 Å². The van der Waals surface area contributed by atoms with Gasteiger partial charge in [0.15, 0.2) is 5.76 Å². The number of hydrogen-bond donors (Lipinski definition) is 1. The summed E-state index contributed by atoms with van der Waals surface area (Å²) in [5, 5.41) is 2.74. The maximum absolute atomic E-state index is 12.3. The van der Waals surface area contributed by atoms with E-state index in [1.54, 1.807) is 30.3 Å². The summed E-state index contributed by atoms with van der Waals surface area (Å²) in [4.78, 5) is 24.4. The molecule has 6 nitrogen and oxygen atoms in total. The normalized spacial score (nSPS) is 10.4. The molecule has 3 aromatic rings. The number of amides is 1. The quantitative estimate of drug-likeness (QED) is 0.487. The summed E-state index contributed by atoms with van der Waals surface area (Å²) < 4.78 is 16.0. The molecule has 144 valence electrons. The summed E-state index contributed by atoms with van der Waals surface area (Å²) in [5.41, 5.74) is 2.70. The van der Waals surface area contributed by atoms with E-state index in [4.69, 9.17) is 13.9 Å². The monoisotopic (exact) mass is 379 g/mol. The van der Waals surface area contributed by atoms with E-state index in [9.17, 15) is 9.59 Å². The van der Waals surface area contributed by atoms with E-state index in [1.165, 1.54) is 6.26 Å². The molecule has 0 fully saturated rings. The van der Waals surface area contributed by atoms with Crippen molar-refractivity contribution in [2.45, 2.75) is 13.8 Å². The van der Waals surface area contributed by atoms with Crippen molar-refractivity contribution >= 4 is 17.6 Å². The van der Waals surface area contributed by atoms with Gasteiger partial charge in [0.1, 0.15) is 19.0 Å². The molecule has 6 heteroatoms. The Kier molecular flexibility index (Phi) is 6.11. The summed E-state index contributed by atoms with van der Waals surface area (Å²) >= 11 is 0. The second-order valence-corrected chi connectivity index (χ2v) is 6.21. The van der Waals surface area contributed by atoms with Crippen molar-refractivity contribution in [2.75, 3.05) is 18.5 Å². The molecule has 0 saturated heterocycles. The van der Waals surface area contributed by atoms with Crippen LogP contribution in [-0.2, 0) is 4.74 Å². The molecule has 0 saturated carbocycles. The molecule has 0 atom stereocenters. The van der Waals surface area contributed by atoms with Crippen LogP contribution < -0.4 is 10.1 Å². The lowest BCUT2D eigenvalue weighted by Crippen LogP contribution is -2.15. The summed E-state index contributed by atoms with van der Waals surface area (Å²) in [6.45, 7) is 4.16. The van der Waals surface area contributed by atoms with E-state index in [-0.39, 0.29) is 24.9 Å². The summed E-state index contributed by atoms with van der Waals surface area (Å²) in [6, 6.07) is 15.8. The van der Waals surface area contributed by atoms with Gasteiger partial charge >= 0.3 is 5.97 Å². The fourth-order valence-electron chi connectivity index (χ4n) is 2.56. The molecule has 1 heterocycles. The molecule has 1 aromatic heterocycles. The minimum absolute atomic E-state index is 0.120. The number of ether oxygens (including phenoxy) is 2. The van der Waals surface area contributed by atoms with Crippen LogP contribution in [0.1, 0.15) is 32.0 Å². The largest absolute Gasteiger partial charge is 0.490 e. The van der Waals surface area contributed by atoms with Crippen molar-refractivity contribution in [3.05, 3.63) is 83.3 Å². The van der Waals surface area contributed by atoms with Crippen molar-refractivity contribution in [2.24, 2.45) is 0 Å². The van der Waals surface area contributed by atoms with E-state index in [0.29, 0.717) is 11.3 Å². The van der Waals surface area contributed by atoms with Crippen LogP contribution in [0, 0.1) is 13.8 Å². The molecule has 0 aliphatic heterocycles. The summed E-state index contributed by atoms with van der Waals surface area (Å²) in [7, 11) is 0. The molecule has 0 bridgehead atoms. The second-order valence-electron chi connectivity index (χ2n) is 6.21. The number of aryl methyl sites for hydroxylation is 2. The first-order chi connectivity index (χ1) is 13.5. The predicted molar refractivity (Wildman–Crippen MR) is 105 cm³/mol. The Morgan fingerprint density at radius 2 is 1.79 bits per heavy atom. The molecule has 2 aromatic carbocycles. The van der Waals surface area contributed by atoms with E-state index in [0.717, 1.165) is 16.9 Å². The van der Waals surface area contributed by atoms with Crippen LogP contribution in [-0.4, -0.2) is 25.1 Å². The third kappa shape index (κ3) is 4.79. The van der Waals surface area contributed by atoms with Crippen molar-refractivity contribution in [1.82, 2.24) is 0 Å². The molecular weight excluding hydrogens is 358 g/mol. The standard InChI is InChI=1S/C22H21NO5/c1-15-9-10-17(14-18(15)23-21(24)20-8-5-11-26-20)22(25)28-13-12-27-19-7-4-3-6-16(19)2/h3-11,14H,12-13H2,1-2H3,(H,23,24). The van der Waals surface area contributed by atoms with E-state index in [2.05, 4.69) is 5.32 Å². The van der Waals surface area contributed by atoms with Gasteiger partial charge in [0, 0.05) is 5.69 Å². The Bertz CT molecular complexity index is 963. The van der Waals surface area contributed by atoms with Gasteiger partial charge in [-0.1, -0.05) is 24.3 Å². The van der Waals surface area contributed by atoms with Crippen molar-refractivity contribution < 1.29 is 23.5 Å². The lowest BCUT2D eigenvalue weighted by atomic mass is 10.1. The van der Waals surface area contributed by atoms with Gasteiger partial charge in [-0.3, -0.25) is 4.79 Å². The average molecular weight is 379 g/mol. The summed E-state index contributed by atoms with van der Waals surface area (Å²) in [6.07, 6.45) is 1.43. The van der Waals surface area contributed by atoms with Gasteiger partial charge in [-0.15, -0.1) is 0 Å². The van der Waals surface area contributed by atoms with Crippen LogP contribution in [0.2, 0.25) is 0 Å². The van der Waals surface area contributed by atoms with Gasteiger partial charge < -0.3 is 19.2 Å². The Hall–Kier alpha value is -3.54. The number of nitrogens with one attached hydrogen (secondary N) is 1. The first-order valence-corrected chi connectivity index (χ1v) is 8.85. The van der Waals surface area contributed by atoms with Crippen molar-refractivity contribution in [3.8, 4) is 5.75 Å². The van der Waals surface area contributed by atoms with Crippen LogP contribution in [0.5, 0.6) is 5.75 Å². The van der Waals surface area contributed by atoms with Crippen LogP contribution in [0.4, 0.5) is 5.69 Å². The fourth-order valence-corrected chi connectivity index (χ4v) is 2.56. The smallest absolute Gasteiger partial charge is 0.338 e. The lowest BCUT2D eigenvalue weighted by Gasteiger charge is -2.11. The number of carbonyl (C=O) groups excluding carboxylic acids is 2. The molecular formula is C22H21NO5. The zero-order valence-electron chi connectivity index (χ0n) is 15.7. The van der Waals surface area contributed by atoms with Gasteiger partial charge in [-0.05, 0) is 55.3 Å². The van der Waals surface area contributed by atoms with Crippen LogP contribution in [0.15, 0.2) is 65.3 Å².